The molecule has 25 heavy (non-hydrogen) atoms. The Kier molecular flexibility index (Phi) is 5.11. The van der Waals surface area contributed by atoms with Crippen LogP contribution in [0.2, 0.25) is 0 Å². The normalized spacial score (nSPS) is 18.0. The molecule has 0 radical (unpaired) electrons. The number of hydrogen-bond donors (Lipinski definition) is 0. The van der Waals surface area contributed by atoms with E-state index in [1.165, 1.54) is 0 Å². The van der Waals surface area contributed by atoms with Gasteiger partial charge in [-0.05, 0) is 29.3 Å². The van der Waals surface area contributed by atoms with Crippen LogP contribution >= 0.6 is 0 Å². The molecule has 0 unspecified atom stereocenters. The van der Waals surface area contributed by atoms with Crippen LogP contribution in [0.25, 0.3) is 6.08 Å². The van der Waals surface area contributed by atoms with E-state index < -0.39 is 10.1 Å². The van der Waals surface area contributed by atoms with Gasteiger partial charge >= 0.3 is 10.1 Å². The zero-order chi connectivity index (χ0) is 17.9. The summed E-state index contributed by atoms with van der Waals surface area (Å²) in [5.41, 5.74) is 3.23. The van der Waals surface area contributed by atoms with Gasteiger partial charge in [0.05, 0.1) is 12.9 Å². The van der Waals surface area contributed by atoms with Gasteiger partial charge in [-0.2, -0.15) is 8.42 Å². The van der Waals surface area contributed by atoms with Crippen molar-refractivity contribution in [3.8, 4) is 5.75 Å². The molecule has 0 aromatic heterocycles. The van der Waals surface area contributed by atoms with Crippen molar-refractivity contribution in [2.75, 3.05) is 30.9 Å². The fourth-order valence-electron chi connectivity index (χ4n) is 2.93. The van der Waals surface area contributed by atoms with E-state index >= 15 is 0 Å². The van der Waals surface area contributed by atoms with Crippen LogP contribution in [0.3, 0.4) is 0 Å². The molecule has 5 nitrogen and oxygen atoms in total. The third-order valence-electron chi connectivity index (χ3n) is 4.06. The number of para-hydroxylation sites is 1. The van der Waals surface area contributed by atoms with E-state index in [4.69, 9.17) is 8.92 Å². The lowest BCUT2D eigenvalue weighted by Gasteiger charge is -2.35. The third kappa shape index (κ3) is 4.41. The minimum atomic E-state index is -3.52. The molecule has 0 amide bonds. The summed E-state index contributed by atoms with van der Waals surface area (Å²) in [5, 5.41) is 0. The highest BCUT2D eigenvalue weighted by Gasteiger charge is 2.23. The van der Waals surface area contributed by atoms with Crippen molar-refractivity contribution >= 4 is 21.9 Å². The van der Waals surface area contributed by atoms with Crippen molar-refractivity contribution in [1.82, 2.24) is 0 Å². The van der Waals surface area contributed by atoms with E-state index in [1.807, 2.05) is 36.4 Å². The summed E-state index contributed by atoms with van der Waals surface area (Å²) < 4.78 is 33.1. The number of nitrogens with zero attached hydrogens (tertiary/aromatic N) is 1. The van der Waals surface area contributed by atoms with Gasteiger partial charge < -0.3 is 13.8 Å². The number of rotatable bonds is 5. The Bertz CT molecular complexity index is 846. The number of ether oxygens (including phenoxy) is 1. The molecule has 132 valence electrons. The van der Waals surface area contributed by atoms with E-state index in [-0.39, 0.29) is 6.10 Å². The fourth-order valence-corrected chi connectivity index (χ4v) is 3.39. The largest absolute Gasteiger partial charge is 0.383 e. The van der Waals surface area contributed by atoms with Crippen molar-refractivity contribution in [2.45, 2.75) is 6.10 Å². The van der Waals surface area contributed by atoms with Crippen LogP contribution in [0, 0.1) is 0 Å². The quantitative estimate of drug-likeness (QED) is 0.767. The molecule has 6 heteroatoms. The van der Waals surface area contributed by atoms with Gasteiger partial charge in [0.15, 0.2) is 0 Å². The molecule has 2 aromatic carbocycles. The zero-order valence-electron chi connectivity index (χ0n) is 14.1. The maximum atomic E-state index is 11.2. The Morgan fingerprint density at radius 1 is 1.20 bits per heavy atom. The number of anilines is 1. The molecule has 0 spiro atoms. The smallest absolute Gasteiger partial charge is 0.306 e. The van der Waals surface area contributed by atoms with Crippen LogP contribution in [0.15, 0.2) is 55.1 Å². The predicted octanol–water partition coefficient (Wildman–Crippen LogP) is 3.25. The maximum Gasteiger partial charge on any atom is 0.306 e. The minimum Gasteiger partial charge on any atom is -0.383 e. The fraction of sp³-hybridized carbons (Fsp3) is 0.263. The Morgan fingerprint density at radius 2 is 1.92 bits per heavy atom. The van der Waals surface area contributed by atoms with Crippen molar-refractivity contribution in [1.29, 1.82) is 0 Å². The van der Waals surface area contributed by atoms with Crippen LogP contribution in [0.1, 0.15) is 17.2 Å². The van der Waals surface area contributed by atoms with E-state index in [0.29, 0.717) is 12.4 Å². The lowest BCUT2D eigenvalue weighted by atomic mass is 10.1. The average molecular weight is 359 g/mol. The zero-order valence-corrected chi connectivity index (χ0v) is 14.9. The third-order valence-corrected chi connectivity index (χ3v) is 4.56. The summed E-state index contributed by atoms with van der Waals surface area (Å²) in [5.74, 6) is 0.302. The average Bonchev–Trinajstić information content (AvgIpc) is 2.61. The number of benzene rings is 2. The van der Waals surface area contributed by atoms with E-state index in [2.05, 4.69) is 17.5 Å². The van der Waals surface area contributed by atoms with Crippen LogP contribution in [-0.4, -0.2) is 34.4 Å². The van der Waals surface area contributed by atoms with Gasteiger partial charge in [-0.25, -0.2) is 0 Å². The molecule has 0 N–H and O–H groups in total. The molecule has 1 heterocycles. The van der Waals surface area contributed by atoms with Crippen LogP contribution in [-0.2, 0) is 14.9 Å². The Morgan fingerprint density at radius 3 is 2.60 bits per heavy atom. The van der Waals surface area contributed by atoms with Crippen molar-refractivity contribution in [2.24, 2.45) is 0 Å². The topological polar surface area (TPSA) is 55.8 Å². The molecule has 1 aliphatic rings. The number of morpholine rings is 1. The monoisotopic (exact) mass is 359 g/mol. The highest BCUT2D eigenvalue weighted by molar-refractivity contribution is 7.86. The van der Waals surface area contributed by atoms with Gasteiger partial charge in [0.25, 0.3) is 0 Å². The molecule has 0 saturated carbocycles. The van der Waals surface area contributed by atoms with Crippen molar-refractivity contribution in [3.63, 3.8) is 0 Å². The van der Waals surface area contributed by atoms with Gasteiger partial charge in [0.1, 0.15) is 11.9 Å². The minimum absolute atomic E-state index is 0.0843. The summed E-state index contributed by atoms with van der Waals surface area (Å²) in [4.78, 5) is 2.28. The second-order valence-electron chi connectivity index (χ2n) is 5.92. The molecule has 1 aliphatic heterocycles. The summed E-state index contributed by atoms with van der Waals surface area (Å²) in [6.07, 6.45) is 2.80. The molecule has 1 atom stereocenters. The lowest BCUT2D eigenvalue weighted by Crippen LogP contribution is -2.38. The molecule has 0 aliphatic carbocycles. The second-order valence-corrected chi connectivity index (χ2v) is 7.50. The molecular formula is C19H21NO4S. The first-order valence-electron chi connectivity index (χ1n) is 8.04. The van der Waals surface area contributed by atoms with E-state index in [9.17, 15) is 8.42 Å². The van der Waals surface area contributed by atoms with E-state index in [0.717, 1.165) is 36.2 Å². The van der Waals surface area contributed by atoms with Crippen molar-refractivity contribution in [3.05, 3.63) is 66.2 Å². The van der Waals surface area contributed by atoms with Crippen molar-refractivity contribution < 1.29 is 17.3 Å². The number of hydrogen-bond acceptors (Lipinski definition) is 5. The van der Waals surface area contributed by atoms with Gasteiger partial charge in [-0.15, -0.1) is 0 Å². The first-order chi connectivity index (χ1) is 12.0. The summed E-state index contributed by atoms with van der Waals surface area (Å²) in [6, 6.07) is 15.1. The van der Waals surface area contributed by atoms with Gasteiger partial charge in [0, 0.05) is 18.8 Å². The van der Waals surface area contributed by atoms with Crippen LogP contribution in [0.4, 0.5) is 5.69 Å². The molecule has 1 saturated heterocycles. The molecular weight excluding hydrogens is 338 g/mol. The standard InChI is InChI=1S/C19H21NO4S/c1-3-15-6-4-5-7-18(15)20-12-13-23-19(14-20)16-8-10-17(11-9-16)24-25(2,21)22/h3-11,19H,1,12-14H2,2H3/t19-/m1/s1. The Hall–Kier alpha value is -2.31. The SMILES string of the molecule is C=Cc1ccccc1N1CCO[C@@H](c2ccc(OS(C)(=O)=O)cc2)C1. The second kappa shape index (κ2) is 7.29. The van der Waals surface area contributed by atoms with Crippen LogP contribution in [0.5, 0.6) is 5.75 Å². The summed E-state index contributed by atoms with van der Waals surface area (Å²) in [7, 11) is -3.52. The van der Waals surface area contributed by atoms with Gasteiger partial charge in [-0.1, -0.05) is 43.0 Å². The predicted molar refractivity (Wildman–Crippen MR) is 99.4 cm³/mol. The van der Waals surface area contributed by atoms with Crippen LogP contribution < -0.4 is 9.08 Å². The first-order valence-corrected chi connectivity index (χ1v) is 9.85. The molecule has 1 fully saturated rings. The van der Waals surface area contributed by atoms with E-state index in [1.54, 1.807) is 12.1 Å². The lowest BCUT2D eigenvalue weighted by molar-refractivity contribution is 0.0398. The van der Waals surface area contributed by atoms with Gasteiger partial charge in [0.2, 0.25) is 0 Å². The summed E-state index contributed by atoms with van der Waals surface area (Å²) in [6.45, 7) is 6.04. The highest BCUT2D eigenvalue weighted by atomic mass is 32.2. The highest BCUT2D eigenvalue weighted by Crippen LogP contribution is 2.29. The molecule has 0 bridgehead atoms. The molecule has 3 rings (SSSR count). The summed E-state index contributed by atoms with van der Waals surface area (Å²) >= 11 is 0. The Balaban J connectivity index is 1.76. The maximum absolute atomic E-state index is 11.2. The molecule has 2 aromatic rings. The van der Waals surface area contributed by atoms with Gasteiger partial charge in [-0.3, -0.25) is 0 Å². The Labute approximate surface area is 148 Å². The first kappa shape index (κ1) is 17.5.